The van der Waals surface area contributed by atoms with Crippen molar-refractivity contribution in [2.24, 2.45) is 5.73 Å². The van der Waals surface area contributed by atoms with Crippen LogP contribution >= 0.6 is 11.8 Å². The lowest BCUT2D eigenvalue weighted by Crippen LogP contribution is -2.22. The van der Waals surface area contributed by atoms with Crippen molar-refractivity contribution in [3.8, 4) is 0 Å². The highest BCUT2D eigenvalue weighted by atomic mass is 32.2. The third-order valence-corrected chi connectivity index (χ3v) is 5.81. The van der Waals surface area contributed by atoms with Gasteiger partial charge in [-0.3, -0.25) is 9.59 Å². The van der Waals surface area contributed by atoms with E-state index in [2.05, 4.69) is 39.1 Å². The molecule has 3 N–H and O–H groups in total. The number of carbonyl (C=O) groups excluding carboxylic acids is 2. The van der Waals surface area contributed by atoms with Crippen molar-refractivity contribution in [2.75, 3.05) is 5.32 Å². The number of hydrogen-bond acceptors (Lipinski definition) is 3. The molecule has 5 heteroatoms. The Kier molecular flexibility index (Phi) is 5.90. The maximum atomic E-state index is 12.5. The second kappa shape index (κ2) is 7.74. The molecule has 1 atom stereocenters. The van der Waals surface area contributed by atoms with Gasteiger partial charge < -0.3 is 11.1 Å². The van der Waals surface area contributed by atoms with E-state index in [1.54, 1.807) is 36.0 Å². The van der Waals surface area contributed by atoms with Crippen LogP contribution in [0.5, 0.6) is 0 Å². The van der Waals surface area contributed by atoms with Crippen molar-refractivity contribution in [2.45, 2.75) is 44.8 Å². The quantitative estimate of drug-likeness (QED) is 0.791. The van der Waals surface area contributed by atoms with Crippen LogP contribution in [0.4, 0.5) is 5.69 Å². The minimum Gasteiger partial charge on any atom is -0.366 e. The van der Waals surface area contributed by atoms with Crippen LogP contribution in [0.25, 0.3) is 0 Å². The molecule has 0 aliphatic rings. The number of aryl methyl sites for hydroxylation is 2. The summed E-state index contributed by atoms with van der Waals surface area (Å²) in [6.07, 6.45) is 0. The molecule has 1 unspecified atom stereocenters. The Bertz CT molecular complexity index is 787. The summed E-state index contributed by atoms with van der Waals surface area (Å²) in [6.45, 7) is 10.3. The zero-order valence-electron chi connectivity index (χ0n) is 15.3. The van der Waals surface area contributed by atoms with Crippen LogP contribution in [-0.4, -0.2) is 17.1 Å². The zero-order chi connectivity index (χ0) is 18.7. The number of hydrogen-bond donors (Lipinski definition) is 2. The molecular formula is C20H24N2O2S. The first kappa shape index (κ1) is 19.1. The molecule has 0 saturated carbocycles. The van der Waals surface area contributed by atoms with Gasteiger partial charge in [-0.25, -0.2) is 0 Å². The first-order chi connectivity index (χ1) is 11.7. The molecule has 0 heterocycles. The third kappa shape index (κ3) is 4.42. The van der Waals surface area contributed by atoms with Gasteiger partial charge in [0.1, 0.15) is 0 Å². The molecule has 0 aliphatic heterocycles. The predicted molar refractivity (Wildman–Crippen MR) is 104 cm³/mol. The lowest BCUT2D eigenvalue weighted by atomic mass is 10.0. The van der Waals surface area contributed by atoms with E-state index in [1.165, 1.54) is 27.1 Å². The first-order valence-electron chi connectivity index (χ1n) is 8.15. The molecule has 2 aromatic carbocycles. The summed E-state index contributed by atoms with van der Waals surface area (Å²) < 4.78 is 0. The van der Waals surface area contributed by atoms with Crippen molar-refractivity contribution in [3.63, 3.8) is 0 Å². The summed E-state index contributed by atoms with van der Waals surface area (Å²) in [6, 6.07) is 8.76. The normalized spacial score (nSPS) is 11.9. The molecule has 0 fully saturated rings. The van der Waals surface area contributed by atoms with Crippen molar-refractivity contribution >= 4 is 29.3 Å². The zero-order valence-corrected chi connectivity index (χ0v) is 16.1. The highest BCUT2D eigenvalue weighted by molar-refractivity contribution is 8.00. The average Bonchev–Trinajstić information content (AvgIpc) is 2.57. The summed E-state index contributed by atoms with van der Waals surface area (Å²) in [5.74, 6) is -0.558. The number of nitrogens with two attached hydrogens (primary N) is 1. The van der Waals surface area contributed by atoms with Crippen LogP contribution in [0.1, 0.15) is 39.5 Å². The molecule has 132 valence electrons. The highest BCUT2D eigenvalue weighted by Crippen LogP contribution is 2.33. The number of primary amides is 1. The number of rotatable bonds is 5. The molecule has 2 rings (SSSR count). The van der Waals surface area contributed by atoms with E-state index < -0.39 is 5.91 Å². The van der Waals surface area contributed by atoms with Gasteiger partial charge in [0, 0.05) is 16.1 Å². The van der Waals surface area contributed by atoms with Crippen LogP contribution < -0.4 is 11.1 Å². The van der Waals surface area contributed by atoms with E-state index in [-0.39, 0.29) is 11.2 Å². The Labute approximate surface area is 153 Å². The third-order valence-electron chi connectivity index (χ3n) is 4.40. The largest absolute Gasteiger partial charge is 0.366 e. The van der Waals surface area contributed by atoms with Gasteiger partial charge in [-0.15, -0.1) is 11.8 Å². The molecule has 0 aliphatic carbocycles. The summed E-state index contributed by atoms with van der Waals surface area (Å²) >= 11 is 1.57. The summed E-state index contributed by atoms with van der Waals surface area (Å²) in [5.41, 5.74) is 11.2. The fourth-order valence-corrected chi connectivity index (χ4v) is 3.74. The summed E-state index contributed by atoms with van der Waals surface area (Å²) in [7, 11) is 0. The van der Waals surface area contributed by atoms with Gasteiger partial charge in [0.05, 0.1) is 5.25 Å². The fraction of sp³-hybridized carbons (Fsp3) is 0.300. The molecule has 25 heavy (non-hydrogen) atoms. The molecule has 0 saturated heterocycles. The van der Waals surface area contributed by atoms with Crippen molar-refractivity contribution in [3.05, 3.63) is 58.1 Å². The van der Waals surface area contributed by atoms with Crippen molar-refractivity contribution in [1.82, 2.24) is 0 Å². The Morgan fingerprint density at radius 2 is 1.52 bits per heavy atom. The number of anilines is 1. The fourth-order valence-electron chi connectivity index (χ4n) is 2.55. The second-order valence-corrected chi connectivity index (χ2v) is 7.63. The predicted octanol–water partition coefficient (Wildman–Crippen LogP) is 4.14. The maximum absolute atomic E-state index is 12.5. The Morgan fingerprint density at radius 3 is 2.00 bits per heavy atom. The SMILES string of the molecule is Cc1cc(C)c(C)c(SC(C)C(=O)Nc2ccc(C(N)=O)cc2)c1C. The van der Waals surface area contributed by atoms with Crippen molar-refractivity contribution in [1.29, 1.82) is 0 Å². The van der Waals surface area contributed by atoms with E-state index >= 15 is 0 Å². The topological polar surface area (TPSA) is 72.2 Å². The molecule has 2 amide bonds. The Hall–Kier alpha value is -2.27. The average molecular weight is 356 g/mol. The number of benzene rings is 2. The Balaban J connectivity index is 2.12. The van der Waals surface area contributed by atoms with Gasteiger partial charge in [0.25, 0.3) is 0 Å². The molecule has 4 nitrogen and oxygen atoms in total. The molecule has 0 bridgehead atoms. The molecular weight excluding hydrogens is 332 g/mol. The van der Waals surface area contributed by atoms with Gasteiger partial charge in [0.15, 0.2) is 0 Å². The molecule has 0 spiro atoms. The van der Waals surface area contributed by atoms with Gasteiger partial charge in [-0.1, -0.05) is 6.07 Å². The smallest absolute Gasteiger partial charge is 0.248 e. The highest BCUT2D eigenvalue weighted by Gasteiger charge is 2.18. The van der Waals surface area contributed by atoms with E-state index in [0.29, 0.717) is 11.3 Å². The second-order valence-electron chi connectivity index (χ2n) is 6.28. The minimum atomic E-state index is -0.484. The number of thioether (sulfide) groups is 1. The van der Waals surface area contributed by atoms with Crippen LogP contribution in [0.3, 0.4) is 0 Å². The van der Waals surface area contributed by atoms with Gasteiger partial charge in [-0.2, -0.15) is 0 Å². The molecule has 2 aromatic rings. The van der Waals surface area contributed by atoms with Crippen LogP contribution in [0.2, 0.25) is 0 Å². The lowest BCUT2D eigenvalue weighted by Gasteiger charge is -2.18. The van der Waals surface area contributed by atoms with Crippen LogP contribution in [0, 0.1) is 27.7 Å². The van der Waals surface area contributed by atoms with E-state index in [9.17, 15) is 9.59 Å². The number of carbonyl (C=O) groups is 2. The summed E-state index contributed by atoms with van der Waals surface area (Å²) in [4.78, 5) is 24.8. The monoisotopic (exact) mass is 356 g/mol. The first-order valence-corrected chi connectivity index (χ1v) is 9.03. The lowest BCUT2D eigenvalue weighted by molar-refractivity contribution is -0.115. The number of nitrogens with one attached hydrogen (secondary N) is 1. The maximum Gasteiger partial charge on any atom is 0.248 e. The van der Waals surface area contributed by atoms with E-state index in [4.69, 9.17) is 5.73 Å². The van der Waals surface area contributed by atoms with Gasteiger partial charge >= 0.3 is 0 Å². The van der Waals surface area contributed by atoms with Crippen LogP contribution in [0.15, 0.2) is 35.2 Å². The Morgan fingerprint density at radius 1 is 1.00 bits per heavy atom. The van der Waals surface area contributed by atoms with Crippen molar-refractivity contribution < 1.29 is 9.59 Å². The summed E-state index contributed by atoms with van der Waals surface area (Å²) in [5, 5.41) is 2.64. The molecule has 0 aromatic heterocycles. The minimum absolute atomic E-state index is 0.0743. The van der Waals surface area contributed by atoms with Gasteiger partial charge in [-0.05, 0) is 81.1 Å². The number of amides is 2. The van der Waals surface area contributed by atoms with E-state index in [1.807, 2.05) is 6.92 Å². The van der Waals surface area contributed by atoms with Gasteiger partial charge in [0.2, 0.25) is 11.8 Å². The van der Waals surface area contributed by atoms with E-state index in [0.717, 1.165) is 0 Å². The standard InChI is InChI=1S/C20H24N2O2S/c1-11-10-12(2)14(4)18(13(11)3)25-15(5)20(24)22-17-8-6-16(7-9-17)19(21)23/h6-10,15H,1-5H3,(H2,21,23)(H,22,24). The molecule has 0 radical (unpaired) electrons. The van der Waals surface area contributed by atoms with Crippen LogP contribution in [-0.2, 0) is 4.79 Å².